The zero-order chi connectivity index (χ0) is 14.6. The van der Waals surface area contributed by atoms with E-state index in [9.17, 15) is 23.3 Å². The van der Waals surface area contributed by atoms with Crippen LogP contribution >= 0.6 is 0 Å². The second-order valence-electron chi connectivity index (χ2n) is 3.52. The van der Waals surface area contributed by atoms with Crippen LogP contribution in [0.15, 0.2) is 23.1 Å². The molecule has 0 aliphatic heterocycles. The van der Waals surface area contributed by atoms with Gasteiger partial charge in [0, 0.05) is 12.3 Å². The fourth-order valence-corrected chi connectivity index (χ4v) is 1.83. The summed E-state index contributed by atoms with van der Waals surface area (Å²) in [5.74, 6) is -0.913. The average molecular weight is 289 g/mol. The zero-order valence-corrected chi connectivity index (χ0v) is 11.0. The predicted molar refractivity (Wildman–Crippen MR) is 63.7 cm³/mol. The number of nitro groups is 1. The molecule has 0 aliphatic rings. The smallest absolute Gasteiger partial charge is 0.343 e. The number of sulfone groups is 1. The number of carbonyl (C=O) groups excluding carboxylic acids is 1. The Hall–Kier alpha value is -2.16. The Morgan fingerprint density at radius 2 is 2.05 bits per heavy atom. The van der Waals surface area contributed by atoms with Crippen LogP contribution < -0.4 is 4.74 Å². The first kappa shape index (κ1) is 14.9. The lowest BCUT2D eigenvalue weighted by atomic mass is 10.3. The first-order valence-electron chi connectivity index (χ1n) is 4.94. The molecule has 0 spiro atoms. The minimum Gasteiger partial charge on any atom is -0.475 e. The fourth-order valence-electron chi connectivity index (χ4n) is 1.19. The van der Waals surface area contributed by atoms with E-state index in [0.717, 1.165) is 31.6 Å². The van der Waals surface area contributed by atoms with E-state index in [2.05, 4.69) is 4.74 Å². The molecule has 1 aromatic rings. The van der Waals surface area contributed by atoms with E-state index < -0.39 is 33.0 Å². The molecule has 0 amide bonds. The Morgan fingerprint density at radius 3 is 2.53 bits per heavy atom. The molecule has 0 unspecified atom stereocenters. The topological polar surface area (TPSA) is 113 Å². The van der Waals surface area contributed by atoms with Crippen molar-refractivity contribution in [2.24, 2.45) is 0 Å². The first-order chi connectivity index (χ1) is 8.75. The number of benzene rings is 1. The molecule has 0 saturated carbocycles. The molecule has 0 bridgehead atoms. The molecule has 0 heterocycles. The minimum atomic E-state index is -3.56. The number of ether oxygens (including phenoxy) is 2. The monoisotopic (exact) mass is 289 g/mol. The van der Waals surface area contributed by atoms with Crippen LogP contribution in [0.5, 0.6) is 5.75 Å². The highest BCUT2D eigenvalue weighted by atomic mass is 32.2. The predicted octanol–water partition coefficient (Wildman–Crippen LogP) is 0.550. The van der Waals surface area contributed by atoms with Crippen molar-refractivity contribution in [2.45, 2.75) is 4.90 Å². The van der Waals surface area contributed by atoms with Gasteiger partial charge in [-0.2, -0.15) is 0 Å². The normalized spacial score (nSPS) is 10.8. The third-order valence-corrected chi connectivity index (χ3v) is 3.24. The lowest BCUT2D eigenvalue weighted by Gasteiger charge is -2.06. The van der Waals surface area contributed by atoms with E-state index in [4.69, 9.17) is 4.74 Å². The molecule has 8 nitrogen and oxygen atoms in total. The van der Waals surface area contributed by atoms with Crippen molar-refractivity contribution in [1.29, 1.82) is 0 Å². The number of hydrogen-bond acceptors (Lipinski definition) is 7. The van der Waals surface area contributed by atoms with Gasteiger partial charge in [0.15, 0.2) is 22.2 Å². The highest BCUT2D eigenvalue weighted by molar-refractivity contribution is 7.90. The molecule has 0 aliphatic carbocycles. The number of hydrogen-bond donors (Lipinski definition) is 0. The van der Waals surface area contributed by atoms with Gasteiger partial charge in [-0.1, -0.05) is 0 Å². The van der Waals surface area contributed by atoms with Gasteiger partial charge in [0.25, 0.3) is 0 Å². The van der Waals surface area contributed by atoms with Crippen LogP contribution in [0.3, 0.4) is 0 Å². The minimum absolute atomic E-state index is 0.204. The maximum Gasteiger partial charge on any atom is 0.343 e. The average Bonchev–Trinajstić information content (AvgIpc) is 2.34. The summed E-state index contributed by atoms with van der Waals surface area (Å²) in [4.78, 5) is 20.7. The molecule has 0 atom stereocenters. The quantitative estimate of drug-likeness (QED) is 0.442. The highest BCUT2D eigenvalue weighted by Gasteiger charge is 2.20. The van der Waals surface area contributed by atoms with Gasteiger partial charge >= 0.3 is 11.7 Å². The van der Waals surface area contributed by atoms with E-state index in [1.807, 2.05) is 0 Å². The summed E-state index contributed by atoms with van der Waals surface area (Å²) >= 11 is 0. The summed E-state index contributed by atoms with van der Waals surface area (Å²) in [5, 5.41) is 10.8. The van der Waals surface area contributed by atoms with E-state index in [1.165, 1.54) is 0 Å². The van der Waals surface area contributed by atoms with Crippen molar-refractivity contribution >= 4 is 21.5 Å². The van der Waals surface area contributed by atoms with Crippen molar-refractivity contribution in [3.8, 4) is 5.75 Å². The summed E-state index contributed by atoms with van der Waals surface area (Å²) in [7, 11) is -2.42. The summed E-state index contributed by atoms with van der Waals surface area (Å²) in [6.45, 7) is -0.504. The van der Waals surface area contributed by atoms with Crippen molar-refractivity contribution < 1.29 is 27.6 Å². The van der Waals surface area contributed by atoms with E-state index in [-0.39, 0.29) is 10.6 Å². The third-order valence-electron chi connectivity index (χ3n) is 2.13. The zero-order valence-electron chi connectivity index (χ0n) is 10.2. The molecule has 1 aromatic carbocycles. The number of carbonyl (C=O) groups is 1. The molecule has 0 radical (unpaired) electrons. The van der Waals surface area contributed by atoms with Crippen molar-refractivity contribution in [3.63, 3.8) is 0 Å². The summed E-state index contributed by atoms with van der Waals surface area (Å²) in [6.07, 6.45) is 0.932. The summed E-state index contributed by atoms with van der Waals surface area (Å²) < 4.78 is 31.8. The number of nitrogens with zero attached hydrogens (tertiary/aromatic N) is 1. The van der Waals surface area contributed by atoms with Crippen LogP contribution in [0.4, 0.5) is 5.69 Å². The summed E-state index contributed by atoms with van der Waals surface area (Å²) in [6, 6.07) is 3.16. The van der Waals surface area contributed by atoms with Gasteiger partial charge in [0.2, 0.25) is 0 Å². The Kier molecular flexibility index (Phi) is 4.43. The van der Waals surface area contributed by atoms with Gasteiger partial charge in [-0.3, -0.25) is 10.1 Å². The molecular weight excluding hydrogens is 278 g/mol. The van der Waals surface area contributed by atoms with Gasteiger partial charge in [0.05, 0.1) is 16.9 Å². The Labute approximate surface area is 109 Å². The maximum absolute atomic E-state index is 11.3. The molecule has 0 saturated heterocycles. The standard InChI is InChI=1S/C10H11NO7S/c1-17-10(12)6-18-9-4-3-7(19(2,15)16)5-8(9)11(13)14/h3-5H,6H2,1-2H3. The van der Waals surface area contributed by atoms with E-state index in [1.54, 1.807) is 0 Å². The van der Waals surface area contributed by atoms with Crippen LogP contribution in [0, 0.1) is 10.1 Å². The lowest BCUT2D eigenvalue weighted by molar-refractivity contribution is -0.386. The van der Waals surface area contributed by atoms with E-state index in [0.29, 0.717) is 0 Å². The van der Waals surface area contributed by atoms with Gasteiger partial charge in [-0.15, -0.1) is 0 Å². The fraction of sp³-hybridized carbons (Fsp3) is 0.300. The van der Waals surface area contributed by atoms with Gasteiger partial charge in [-0.05, 0) is 12.1 Å². The molecule has 9 heteroatoms. The second-order valence-corrected chi connectivity index (χ2v) is 5.54. The van der Waals surface area contributed by atoms with Crippen LogP contribution in [-0.2, 0) is 19.4 Å². The van der Waals surface area contributed by atoms with Crippen LogP contribution in [0.2, 0.25) is 0 Å². The maximum atomic E-state index is 11.3. The second kappa shape index (κ2) is 5.65. The van der Waals surface area contributed by atoms with Crippen LogP contribution in [0.25, 0.3) is 0 Å². The number of methoxy groups -OCH3 is 1. The molecular formula is C10H11NO7S. The Bertz CT molecular complexity index is 608. The molecule has 0 aromatic heterocycles. The number of nitro benzene ring substituents is 1. The van der Waals surface area contributed by atoms with Crippen LogP contribution in [-0.4, -0.2) is 39.3 Å². The lowest BCUT2D eigenvalue weighted by Crippen LogP contribution is -2.13. The molecule has 19 heavy (non-hydrogen) atoms. The number of rotatable bonds is 5. The Balaban J connectivity index is 3.12. The van der Waals surface area contributed by atoms with Crippen molar-refractivity contribution in [1.82, 2.24) is 0 Å². The Morgan fingerprint density at radius 1 is 1.42 bits per heavy atom. The van der Waals surface area contributed by atoms with Gasteiger partial charge in [0.1, 0.15) is 0 Å². The first-order valence-corrected chi connectivity index (χ1v) is 6.83. The van der Waals surface area contributed by atoms with Gasteiger partial charge < -0.3 is 9.47 Å². The van der Waals surface area contributed by atoms with Crippen molar-refractivity contribution in [3.05, 3.63) is 28.3 Å². The molecule has 0 fully saturated rings. The molecule has 1 rings (SSSR count). The van der Waals surface area contributed by atoms with Gasteiger partial charge in [-0.25, -0.2) is 13.2 Å². The third kappa shape index (κ3) is 3.91. The highest BCUT2D eigenvalue weighted by Crippen LogP contribution is 2.29. The van der Waals surface area contributed by atoms with E-state index >= 15 is 0 Å². The summed E-state index contributed by atoms with van der Waals surface area (Å²) in [5.41, 5.74) is -0.535. The molecule has 104 valence electrons. The number of esters is 1. The molecule has 0 N–H and O–H groups in total. The SMILES string of the molecule is COC(=O)COc1ccc(S(C)(=O)=O)cc1[N+](=O)[O-]. The van der Waals surface area contributed by atoms with Crippen LogP contribution in [0.1, 0.15) is 0 Å². The largest absolute Gasteiger partial charge is 0.475 e. The van der Waals surface area contributed by atoms with Crippen molar-refractivity contribution in [2.75, 3.05) is 20.0 Å².